The molecular weight excluding hydrogens is 245 g/mol. The maximum Gasteiger partial charge on any atom is 0.321 e. The molecule has 0 aliphatic carbocycles. The zero-order valence-corrected chi connectivity index (χ0v) is 10.9. The van der Waals surface area contributed by atoms with E-state index in [9.17, 15) is 9.18 Å². The molecule has 0 saturated carbocycles. The van der Waals surface area contributed by atoms with E-state index in [1.54, 1.807) is 17.0 Å². The lowest BCUT2D eigenvalue weighted by Crippen LogP contribution is -2.42. The van der Waals surface area contributed by atoms with Crippen molar-refractivity contribution in [2.45, 2.75) is 19.3 Å². The average Bonchev–Trinajstić information content (AvgIpc) is 2.39. The highest BCUT2D eigenvalue weighted by Crippen LogP contribution is 2.20. The van der Waals surface area contributed by atoms with Crippen molar-refractivity contribution in [3.8, 4) is 0 Å². The number of urea groups is 1. The normalized spacial score (nSPS) is 19.3. The molecule has 0 spiro atoms. The van der Waals surface area contributed by atoms with E-state index in [0.717, 1.165) is 32.4 Å². The minimum atomic E-state index is -0.350. The molecule has 1 unspecified atom stereocenters. The monoisotopic (exact) mass is 265 g/mol. The Morgan fingerprint density at radius 1 is 1.53 bits per heavy atom. The largest absolute Gasteiger partial charge is 0.330 e. The summed E-state index contributed by atoms with van der Waals surface area (Å²) in [5, 5.41) is 2.73. The minimum absolute atomic E-state index is 0.160. The first-order valence-corrected chi connectivity index (χ1v) is 6.70. The summed E-state index contributed by atoms with van der Waals surface area (Å²) < 4.78 is 13.0. The topological polar surface area (TPSA) is 58.4 Å². The standard InChI is InChI=1S/C14H20FN3O/c15-12-4-1-5-13(9-12)17-14(19)18-8-2-3-11(10-18)6-7-16/h1,4-5,9,11H,2-3,6-8,10,16H2,(H,17,19). The maximum absolute atomic E-state index is 13.0. The van der Waals surface area contributed by atoms with Crippen LogP contribution in [0.25, 0.3) is 0 Å². The Kier molecular flexibility index (Phi) is 4.74. The summed E-state index contributed by atoms with van der Waals surface area (Å²) in [6, 6.07) is 5.78. The number of carbonyl (C=O) groups is 1. The number of rotatable bonds is 3. The van der Waals surface area contributed by atoms with Crippen molar-refractivity contribution in [2.24, 2.45) is 11.7 Å². The Bertz CT molecular complexity index is 436. The van der Waals surface area contributed by atoms with Crippen LogP contribution in [0, 0.1) is 11.7 Å². The second-order valence-corrected chi connectivity index (χ2v) is 4.97. The van der Waals surface area contributed by atoms with E-state index < -0.39 is 0 Å². The van der Waals surface area contributed by atoms with Crippen LogP contribution >= 0.6 is 0 Å². The van der Waals surface area contributed by atoms with Crippen LogP contribution in [-0.2, 0) is 0 Å². The number of nitrogens with zero attached hydrogens (tertiary/aromatic N) is 1. The third kappa shape index (κ3) is 3.92. The Hall–Kier alpha value is -1.62. The minimum Gasteiger partial charge on any atom is -0.330 e. The molecule has 1 aliphatic rings. The maximum atomic E-state index is 13.0. The lowest BCUT2D eigenvalue weighted by Gasteiger charge is -2.32. The summed E-state index contributed by atoms with van der Waals surface area (Å²) in [6.45, 7) is 2.14. The number of carbonyl (C=O) groups excluding carboxylic acids is 1. The second-order valence-electron chi connectivity index (χ2n) is 4.97. The fourth-order valence-electron chi connectivity index (χ4n) is 2.49. The molecule has 3 N–H and O–H groups in total. The molecule has 104 valence electrons. The summed E-state index contributed by atoms with van der Waals surface area (Å²) in [6.07, 6.45) is 3.08. The number of hydrogen-bond donors (Lipinski definition) is 2. The van der Waals surface area contributed by atoms with Gasteiger partial charge in [0.25, 0.3) is 0 Å². The summed E-state index contributed by atoms with van der Waals surface area (Å²) in [5.74, 6) is 0.134. The number of amides is 2. The van der Waals surface area contributed by atoms with Gasteiger partial charge in [0.05, 0.1) is 0 Å². The van der Waals surface area contributed by atoms with Crippen molar-refractivity contribution in [1.29, 1.82) is 0 Å². The van der Waals surface area contributed by atoms with Crippen LogP contribution in [0.2, 0.25) is 0 Å². The molecule has 19 heavy (non-hydrogen) atoms. The zero-order valence-electron chi connectivity index (χ0n) is 10.9. The molecule has 1 aliphatic heterocycles. The lowest BCUT2D eigenvalue weighted by molar-refractivity contribution is 0.175. The number of piperidine rings is 1. The van der Waals surface area contributed by atoms with Crippen LogP contribution in [0.1, 0.15) is 19.3 Å². The summed E-state index contributed by atoms with van der Waals surface area (Å²) >= 11 is 0. The molecule has 1 heterocycles. The zero-order chi connectivity index (χ0) is 13.7. The first kappa shape index (κ1) is 13.8. The molecule has 1 saturated heterocycles. The number of halogens is 1. The van der Waals surface area contributed by atoms with Gasteiger partial charge in [0.2, 0.25) is 0 Å². The Labute approximate surface area is 112 Å². The van der Waals surface area contributed by atoms with Gasteiger partial charge < -0.3 is 16.0 Å². The quantitative estimate of drug-likeness (QED) is 0.881. The Morgan fingerprint density at radius 2 is 2.37 bits per heavy atom. The molecule has 4 nitrogen and oxygen atoms in total. The smallest absolute Gasteiger partial charge is 0.321 e. The van der Waals surface area contributed by atoms with Crippen molar-refractivity contribution < 1.29 is 9.18 Å². The van der Waals surface area contributed by atoms with Crippen LogP contribution in [0.3, 0.4) is 0 Å². The highest BCUT2D eigenvalue weighted by Gasteiger charge is 2.23. The number of hydrogen-bond acceptors (Lipinski definition) is 2. The van der Waals surface area contributed by atoms with Crippen LogP contribution < -0.4 is 11.1 Å². The van der Waals surface area contributed by atoms with Crippen LogP contribution in [0.15, 0.2) is 24.3 Å². The summed E-state index contributed by atoms with van der Waals surface area (Å²) in [4.78, 5) is 13.9. The predicted molar refractivity (Wildman–Crippen MR) is 73.4 cm³/mol. The highest BCUT2D eigenvalue weighted by atomic mass is 19.1. The molecular formula is C14H20FN3O. The van der Waals surface area contributed by atoms with E-state index in [-0.39, 0.29) is 11.8 Å². The van der Waals surface area contributed by atoms with E-state index in [1.165, 1.54) is 12.1 Å². The molecule has 0 aromatic heterocycles. The molecule has 2 rings (SSSR count). The summed E-state index contributed by atoms with van der Waals surface area (Å²) in [7, 11) is 0. The van der Waals surface area contributed by atoms with E-state index in [4.69, 9.17) is 5.73 Å². The van der Waals surface area contributed by atoms with Gasteiger partial charge in [-0.05, 0) is 49.9 Å². The van der Waals surface area contributed by atoms with Gasteiger partial charge in [0.1, 0.15) is 5.82 Å². The van der Waals surface area contributed by atoms with Crippen LogP contribution in [0.5, 0.6) is 0 Å². The number of nitrogens with one attached hydrogen (secondary N) is 1. The van der Waals surface area contributed by atoms with Gasteiger partial charge in [-0.1, -0.05) is 6.07 Å². The van der Waals surface area contributed by atoms with Gasteiger partial charge in [0.15, 0.2) is 0 Å². The van der Waals surface area contributed by atoms with Gasteiger partial charge in [0, 0.05) is 18.8 Å². The van der Waals surface area contributed by atoms with E-state index in [1.807, 2.05) is 0 Å². The third-order valence-corrected chi connectivity index (χ3v) is 3.46. The van der Waals surface area contributed by atoms with Gasteiger partial charge in [-0.25, -0.2) is 9.18 Å². The van der Waals surface area contributed by atoms with Gasteiger partial charge in [-0.15, -0.1) is 0 Å². The number of likely N-dealkylation sites (tertiary alicyclic amines) is 1. The fraction of sp³-hybridized carbons (Fsp3) is 0.500. The van der Waals surface area contributed by atoms with Crippen molar-refractivity contribution in [3.05, 3.63) is 30.1 Å². The fourth-order valence-corrected chi connectivity index (χ4v) is 2.49. The van der Waals surface area contributed by atoms with Crippen LogP contribution in [-0.4, -0.2) is 30.6 Å². The number of anilines is 1. The van der Waals surface area contributed by atoms with Gasteiger partial charge >= 0.3 is 6.03 Å². The molecule has 0 radical (unpaired) electrons. The lowest BCUT2D eigenvalue weighted by atomic mass is 9.95. The predicted octanol–water partition coefficient (Wildman–Crippen LogP) is 2.42. The number of nitrogens with two attached hydrogens (primary N) is 1. The summed E-state index contributed by atoms with van der Waals surface area (Å²) in [5.41, 5.74) is 6.05. The number of benzene rings is 1. The van der Waals surface area contributed by atoms with Crippen molar-refractivity contribution in [1.82, 2.24) is 4.90 Å². The van der Waals surface area contributed by atoms with Gasteiger partial charge in [-0.2, -0.15) is 0 Å². The van der Waals surface area contributed by atoms with E-state index in [2.05, 4.69) is 5.32 Å². The van der Waals surface area contributed by atoms with Crippen molar-refractivity contribution in [2.75, 3.05) is 25.0 Å². The Morgan fingerprint density at radius 3 is 3.11 bits per heavy atom. The first-order chi connectivity index (χ1) is 9.19. The molecule has 1 fully saturated rings. The average molecular weight is 265 g/mol. The van der Waals surface area contributed by atoms with Gasteiger partial charge in [-0.3, -0.25) is 0 Å². The Balaban J connectivity index is 1.92. The molecule has 0 bridgehead atoms. The highest BCUT2D eigenvalue weighted by molar-refractivity contribution is 5.89. The SMILES string of the molecule is NCCC1CCCN(C(=O)Nc2cccc(F)c2)C1. The molecule has 5 heteroatoms. The van der Waals surface area contributed by atoms with E-state index >= 15 is 0 Å². The molecule has 1 aromatic rings. The molecule has 1 atom stereocenters. The molecule has 2 amide bonds. The first-order valence-electron chi connectivity index (χ1n) is 6.70. The second kappa shape index (κ2) is 6.52. The third-order valence-electron chi connectivity index (χ3n) is 3.46. The van der Waals surface area contributed by atoms with Crippen molar-refractivity contribution >= 4 is 11.7 Å². The van der Waals surface area contributed by atoms with Crippen LogP contribution in [0.4, 0.5) is 14.9 Å². The van der Waals surface area contributed by atoms with E-state index in [0.29, 0.717) is 18.2 Å². The molecule has 1 aromatic carbocycles. The van der Waals surface area contributed by atoms with Crippen molar-refractivity contribution in [3.63, 3.8) is 0 Å².